The quantitative estimate of drug-likeness (QED) is 0.311. The average Bonchev–Trinajstić information content (AvgIpc) is 2.71. The number of nitrogens with zero attached hydrogens (tertiary/aromatic N) is 1. The third kappa shape index (κ3) is 6.56. The Kier molecular flexibility index (Phi) is 7.71. The van der Waals surface area contributed by atoms with Crippen LogP contribution in [0.3, 0.4) is 0 Å². The van der Waals surface area contributed by atoms with E-state index in [2.05, 4.69) is 15.6 Å². The molecule has 0 radical (unpaired) electrons. The van der Waals surface area contributed by atoms with Crippen molar-refractivity contribution in [3.05, 3.63) is 71.8 Å². The first-order chi connectivity index (χ1) is 13.5. The predicted octanol–water partition coefficient (Wildman–Crippen LogP) is 1.39. The average molecular weight is 382 g/mol. The molecular formula is C20H22N4O4. The molecule has 0 bridgehead atoms. The molecular weight excluding hydrogens is 360 g/mol. The van der Waals surface area contributed by atoms with Gasteiger partial charge in [0.2, 0.25) is 0 Å². The lowest BCUT2D eigenvalue weighted by Crippen LogP contribution is -2.41. The second kappa shape index (κ2) is 10.5. The molecule has 2 rings (SSSR count). The Balaban J connectivity index is 1.80. The van der Waals surface area contributed by atoms with Gasteiger partial charge in [-0.1, -0.05) is 36.4 Å². The van der Waals surface area contributed by atoms with Gasteiger partial charge in [0.15, 0.2) is 5.96 Å². The lowest BCUT2D eigenvalue weighted by atomic mass is 10.1. The van der Waals surface area contributed by atoms with Crippen molar-refractivity contribution >= 4 is 23.7 Å². The van der Waals surface area contributed by atoms with Crippen molar-refractivity contribution in [3.8, 4) is 0 Å². The van der Waals surface area contributed by atoms with Gasteiger partial charge in [-0.05, 0) is 37.1 Å². The standard InChI is InChI=1S/C20H22N4O4/c21-20(24-18(26)15-10-5-2-6-11-15)22-13-7-12-16(19(27)28)23-17(25)14-8-3-1-4-9-14/h1-6,8-11,16H,7,12-13H2,(H,23,25)(H,27,28)(H3,21,22,24,26)/t16-/m1/s1. The highest BCUT2D eigenvalue weighted by atomic mass is 16.4. The first-order valence-electron chi connectivity index (χ1n) is 8.72. The van der Waals surface area contributed by atoms with Gasteiger partial charge in [-0.2, -0.15) is 0 Å². The van der Waals surface area contributed by atoms with Crippen molar-refractivity contribution in [3.63, 3.8) is 0 Å². The van der Waals surface area contributed by atoms with Gasteiger partial charge in [0.05, 0.1) is 0 Å². The highest BCUT2D eigenvalue weighted by Crippen LogP contribution is 2.03. The molecule has 0 saturated heterocycles. The van der Waals surface area contributed by atoms with E-state index in [-0.39, 0.29) is 24.8 Å². The Morgan fingerprint density at radius 1 is 0.929 bits per heavy atom. The number of hydrogen-bond donors (Lipinski definition) is 4. The van der Waals surface area contributed by atoms with Crippen molar-refractivity contribution in [2.45, 2.75) is 18.9 Å². The first kappa shape index (κ1) is 20.6. The molecule has 2 aromatic rings. The SMILES string of the molecule is NC(=NCCC[C@@H](NC(=O)c1ccccc1)C(=O)O)NC(=O)c1ccccc1. The maximum atomic E-state index is 12.1. The van der Waals surface area contributed by atoms with Crippen LogP contribution in [0.15, 0.2) is 65.7 Å². The minimum Gasteiger partial charge on any atom is -0.480 e. The molecule has 0 aliphatic rings. The summed E-state index contributed by atoms with van der Waals surface area (Å²) in [5.41, 5.74) is 6.52. The zero-order valence-corrected chi connectivity index (χ0v) is 15.2. The minimum atomic E-state index is -1.13. The van der Waals surface area contributed by atoms with E-state index in [1.54, 1.807) is 60.7 Å². The van der Waals surface area contributed by atoms with Gasteiger partial charge in [0.25, 0.3) is 11.8 Å². The minimum absolute atomic E-state index is 0.0472. The van der Waals surface area contributed by atoms with Crippen LogP contribution >= 0.6 is 0 Å². The summed E-state index contributed by atoms with van der Waals surface area (Å²) < 4.78 is 0. The lowest BCUT2D eigenvalue weighted by molar-refractivity contribution is -0.139. The number of guanidine groups is 1. The molecule has 1 atom stereocenters. The number of carboxylic acids is 1. The highest BCUT2D eigenvalue weighted by molar-refractivity contribution is 6.05. The number of rotatable bonds is 8. The molecule has 0 unspecified atom stereocenters. The maximum Gasteiger partial charge on any atom is 0.326 e. The fourth-order valence-electron chi connectivity index (χ4n) is 2.40. The Hall–Kier alpha value is -3.68. The van der Waals surface area contributed by atoms with E-state index in [0.29, 0.717) is 17.5 Å². The smallest absolute Gasteiger partial charge is 0.326 e. The summed E-state index contributed by atoms with van der Waals surface area (Å²) >= 11 is 0. The van der Waals surface area contributed by atoms with Crippen molar-refractivity contribution in [2.75, 3.05) is 6.54 Å². The first-order valence-corrected chi connectivity index (χ1v) is 8.72. The molecule has 0 aliphatic carbocycles. The Bertz CT molecular complexity index is 838. The molecule has 0 saturated carbocycles. The molecule has 5 N–H and O–H groups in total. The summed E-state index contributed by atoms with van der Waals surface area (Å²) in [4.78, 5) is 39.4. The molecule has 146 valence electrons. The number of hydrogen-bond acceptors (Lipinski definition) is 4. The number of carbonyl (C=O) groups is 3. The van der Waals surface area contributed by atoms with Crippen LogP contribution in [0, 0.1) is 0 Å². The number of benzene rings is 2. The van der Waals surface area contributed by atoms with E-state index in [1.165, 1.54) is 0 Å². The Labute approximate surface area is 162 Å². The van der Waals surface area contributed by atoms with Gasteiger partial charge in [0, 0.05) is 17.7 Å². The van der Waals surface area contributed by atoms with Crippen LogP contribution in [0.1, 0.15) is 33.6 Å². The van der Waals surface area contributed by atoms with Crippen molar-refractivity contribution < 1.29 is 19.5 Å². The van der Waals surface area contributed by atoms with Gasteiger partial charge in [-0.25, -0.2) is 4.79 Å². The van der Waals surface area contributed by atoms with E-state index in [1.807, 2.05) is 0 Å². The number of aliphatic carboxylic acids is 1. The molecule has 0 aromatic heterocycles. The topological polar surface area (TPSA) is 134 Å². The van der Waals surface area contributed by atoms with Crippen LogP contribution < -0.4 is 16.4 Å². The van der Waals surface area contributed by atoms with E-state index in [9.17, 15) is 19.5 Å². The van der Waals surface area contributed by atoms with Crippen LogP contribution in [0.25, 0.3) is 0 Å². The fourth-order valence-corrected chi connectivity index (χ4v) is 2.40. The molecule has 8 heteroatoms. The van der Waals surface area contributed by atoms with Gasteiger partial charge >= 0.3 is 5.97 Å². The van der Waals surface area contributed by atoms with Crippen molar-refractivity contribution in [2.24, 2.45) is 10.7 Å². The summed E-state index contributed by atoms with van der Waals surface area (Å²) in [6.45, 7) is 0.214. The van der Waals surface area contributed by atoms with Crippen LogP contribution in [0.2, 0.25) is 0 Å². The molecule has 0 heterocycles. The van der Waals surface area contributed by atoms with Crippen molar-refractivity contribution in [1.82, 2.24) is 10.6 Å². The number of carboxylic acid groups (broad SMARTS) is 1. The maximum absolute atomic E-state index is 12.1. The van der Waals surface area contributed by atoms with Crippen LogP contribution in [-0.2, 0) is 4.79 Å². The van der Waals surface area contributed by atoms with E-state index >= 15 is 0 Å². The largest absolute Gasteiger partial charge is 0.480 e. The summed E-state index contributed by atoms with van der Waals surface area (Å²) in [7, 11) is 0. The molecule has 28 heavy (non-hydrogen) atoms. The second-order valence-corrected chi connectivity index (χ2v) is 5.96. The van der Waals surface area contributed by atoms with Crippen molar-refractivity contribution in [1.29, 1.82) is 0 Å². The van der Waals surface area contributed by atoms with Gasteiger partial charge in [0.1, 0.15) is 6.04 Å². The fraction of sp³-hybridized carbons (Fsp3) is 0.200. The number of aliphatic imine (C=N–C) groups is 1. The van der Waals surface area contributed by atoms with Gasteiger partial charge in [-0.15, -0.1) is 0 Å². The molecule has 2 aromatic carbocycles. The molecule has 0 fully saturated rings. The summed E-state index contributed by atoms with van der Waals surface area (Å²) in [5, 5.41) is 14.2. The lowest BCUT2D eigenvalue weighted by Gasteiger charge is -2.14. The summed E-state index contributed by atoms with van der Waals surface area (Å²) in [6, 6.07) is 15.9. The second-order valence-electron chi connectivity index (χ2n) is 5.96. The van der Waals surface area contributed by atoms with Crippen LogP contribution in [0.4, 0.5) is 0 Å². The molecule has 8 nitrogen and oxygen atoms in total. The number of nitrogens with one attached hydrogen (secondary N) is 2. The van der Waals surface area contributed by atoms with E-state index in [0.717, 1.165) is 0 Å². The summed E-state index contributed by atoms with van der Waals surface area (Å²) in [5.74, 6) is -2.00. The highest BCUT2D eigenvalue weighted by Gasteiger charge is 2.20. The molecule has 0 aliphatic heterocycles. The third-order valence-corrected chi connectivity index (χ3v) is 3.85. The Morgan fingerprint density at radius 3 is 2.00 bits per heavy atom. The zero-order valence-electron chi connectivity index (χ0n) is 15.2. The number of carbonyl (C=O) groups excluding carboxylic acids is 2. The predicted molar refractivity (Wildman–Crippen MR) is 105 cm³/mol. The number of amides is 2. The third-order valence-electron chi connectivity index (χ3n) is 3.85. The van der Waals surface area contributed by atoms with Gasteiger partial charge in [-0.3, -0.25) is 19.9 Å². The molecule has 0 spiro atoms. The zero-order chi connectivity index (χ0) is 20.4. The van der Waals surface area contributed by atoms with Gasteiger partial charge < -0.3 is 16.2 Å². The van der Waals surface area contributed by atoms with Crippen LogP contribution in [-0.4, -0.2) is 41.4 Å². The van der Waals surface area contributed by atoms with E-state index < -0.39 is 17.9 Å². The monoisotopic (exact) mass is 382 g/mol. The number of nitrogens with two attached hydrogens (primary N) is 1. The summed E-state index contributed by atoms with van der Waals surface area (Å²) in [6.07, 6.45) is 0.547. The molecule has 2 amide bonds. The van der Waals surface area contributed by atoms with Crippen LogP contribution in [0.5, 0.6) is 0 Å². The Morgan fingerprint density at radius 2 is 1.46 bits per heavy atom. The normalized spacial score (nSPS) is 12.1. The van der Waals surface area contributed by atoms with E-state index in [4.69, 9.17) is 5.73 Å².